The molecule has 0 rings (SSSR count). The molecule has 0 fully saturated rings. The van der Waals surface area contributed by atoms with Crippen molar-refractivity contribution in [2.24, 2.45) is 0 Å². The van der Waals surface area contributed by atoms with Crippen LogP contribution in [0.4, 0.5) is 0 Å². The maximum atomic E-state index is 12.4. The van der Waals surface area contributed by atoms with E-state index in [-0.39, 0.29) is 6.61 Å². The number of hydrogen-bond acceptors (Lipinski definition) is 4. The van der Waals surface area contributed by atoms with Crippen LogP contribution in [0.1, 0.15) is 181 Å². The zero-order valence-electron chi connectivity index (χ0n) is 29.0. The fourth-order valence-corrected chi connectivity index (χ4v) is 5.43. The molecule has 1 amide bonds. The van der Waals surface area contributed by atoms with Gasteiger partial charge in [-0.2, -0.15) is 0 Å². The van der Waals surface area contributed by atoms with Crippen molar-refractivity contribution in [3.05, 3.63) is 36.5 Å². The van der Waals surface area contributed by atoms with E-state index < -0.39 is 24.2 Å². The Bertz CT molecular complexity index is 690. The third kappa shape index (κ3) is 29.3. The smallest absolute Gasteiger partial charge is 0.249 e. The minimum absolute atomic E-state index is 0.382. The maximum absolute atomic E-state index is 12.4. The lowest BCUT2D eigenvalue weighted by Gasteiger charge is -2.21. The first-order chi connectivity index (χ1) is 21.6. The van der Waals surface area contributed by atoms with E-state index in [0.29, 0.717) is 6.42 Å². The molecule has 44 heavy (non-hydrogen) atoms. The van der Waals surface area contributed by atoms with Gasteiger partial charge in [0.1, 0.15) is 6.10 Å². The quantitative estimate of drug-likeness (QED) is 0.0435. The minimum atomic E-state index is -1.12. The Morgan fingerprint density at radius 1 is 0.545 bits per heavy atom. The molecule has 0 aromatic heterocycles. The molecule has 258 valence electrons. The third-order valence-corrected chi connectivity index (χ3v) is 8.45. The molecule has 0 saturated carbocycles. The van der Waals surface area contributed by atoms with Crippen molar-refractivity contribution >= 4 is 5.91 Å². The number of aliphatic hydroxyl groups is 3. The normalized spacial score (nSPS) is 14.2. The summed E-state index contributed by atoms with van der Waals surface area (Å²) in [5.41, 5.74) is 0. The number of carbonyl (C=O) groups excluding carboxylic acids is 1. The van der Waals surface area contributed by atoms with Crippen molar-refractivity contribution in [3.8, 4) is 0 Å². The molecule has 0 aliphatic rings. The average Bonchev–Trinajstić information content (AvgIpc) is 3.03. The van der Waals surface area contributed by atoms with Crippen molar-refractivity contribution in [2.75, 3.05) is 6.61 Å². The Balaban J connectivity index is 3.81. The molecule has 0 aromatic carbocycles. The van der Waals surface area contributed by atoms with Crippen LogP contribution >= 0.6 is 0 Å². The molecule has 0 aliphatic carbocycles. The van der Waals surface area contributed by atoms with Crippen molar-refractivity contribution in [1.82, 2.24) is 5.32 Å². The Labute approximate surface area is 273 Å². The van der Waals surface area contributed by atoms with Crippen LogP contribution in [0.25, 0.3) is 0 Å². The van der Waals surface area contributed by atoms with E-state index in [0.717, 1.165) is 44.9 Å². The minimum Gasteiger partial charge on any atom is -0.394 e. The second kappa shape index (κ2) is 34.4. The highest BCUT2D eigenvalue weighted by atomic mass is 16.3. The van der Waals surface area contributed by atoms with Crippen LogP contribution in [0.15, 0.2) is 36.5 Å². The first-order valence-electron chi connectivity index (χ1n) is 18.8. The van der Waals surface area contributed by atoms with Gasteiger partial charge in [-0.25, -0.2) is 0 Å². The Morgan fingerprint density at radius 2 is 0.932 bits per heavy atom. The van der Waals surface area contributed by atoms with E-state index in [1.54, 1.807) is 6.08 Å². The summed E-state index contributed by atoms with van der Waals surface area (Å²) < 4.78 is 0. The van der Waals surface area contributed by atoms with Gasteiger partial charge in [0.25, 0.3) is 0 Å². The van der Waals surface area contributed by atoms with Gasteiger partial charge in [-0.15, -0.1) is 0 Å². The summed E-state index contributed by atoms with van der Waals surface area (Å²) >= 11 is 0. The summed E-state index contributed by atoms with van der Waals surface area (Å²) in [4.78, 5) is 12.4. The van der Waals surface area contributed by atoms with Crippen LogP contribution in [0.5, 0.6) is 0 Å². The molecule has 0 radical (unpaired) electrons. The number of amides is 1. The Morgan fingerprint density at radius 3 is 1.39 bits per heavy atom. The zero-order chi connectivity index (χ0) is 32.4. The number of allylic oxidation sites excluding steroid dienone is 5. The predicted molar refractivity (Wildman–Crippen MR) is 190 cm³/mol. The number of nitrogens with one attached hydrogen (secondary N) is 1. The topological polar surface area (TPSA) is 89.8 Å². The van der Waals surface area contributed by atoms with Crippen LogP contribution in [0.2, 0.25) is 0 Å². The number of unbranched alkanes of at least 4 members (excludes halogenated alkanes) is 21. The first kappa shape index (κ1) is 42.6. The van der Waals surface area contributed by atoms with Crippen molar-refractivity contribution in [2.45, 2.75) is 199 Å². The van der Waals surface area contributed by atoms with Gasteiger partial charge in [0.2, 0.25) is 5.91 Å². The van der Waals surface area contributed by atoms with E-state index in [1.807, 2.05) is 6.08 Å². The van der Waals surface area contributed by atoms with Crippen molar-refractivity contribution < 1.29 is 20.1 Å². The summed E-state index contributed by atoms with van der Waals surface area (Å²) in [6, 6.07) is -0.820. The van der Waals surface area contributed by atoms with Crippen LogP contribution in [0, 0.1) is 0 Å². The molecular formula is C39H73NO4. The van der Waals surface area contributed by atoms with Crippen molar-refractivity contribution in [1.29, 1.82) is 0 Å². The molecule has 0 aromatic rings. The summed E-state index contributed by atoms with van der Waals surface area (Å²) in [5, 5.41) is 32.9. The summed E-state index contributed by atoms with van der Waals surface area (Å²) in [7, 11) is 0. The summed E-state index contributed by atoms with van der Waals surface area (Å²) in [6.45, 7) is 4.13. The maximum Gasteiger partial charge on any atom is 0.249 e. The van der Waals surface area contributed by atoms with Gasteiger partial charge in [0.05, 0.1) is 18.8 Å². The largest absolute Gasteiger partial charge is 0.394 e. The van der Waals surface area contributed by atoms with Crippen LogP contribution in [-0.2, 0) is 4.79 Å². The highest BCUT2D eigenvalue weighted by Gasteiger charge is 2.22. The van der Waals surface area contributed by atoms with Crippen LogP contribution < -0.4 is 5.32 Å². The van der Waals surface area contributed by atoms with E-state index in [2.05, 4.69) is 43.5 Å². The van der Waals surface area contributed by atoms with E-state index >= 15 is 0 Å². The van der Waals surface area contributed by atoms with Gasteiger partial charge in [-0.3, -0.25) is 4.79 Å². The molecule has 0 saturated heterocycles. The fraction of sp³-hybridized carbons (Fsp3) is 0.821. The van der Waals surface area contributed by atoms with E-state index in [4.69, 9.17) is 0 Å². The third-order valence-electron chi connectivity index (χ3n) is 8.45. The number of aliphatic hydroxyl groups excluding tert-OH is 3. The predicted octanol–water partition coefficient (Wildman–Crippen LogP) is 10.0. The molecular weight excluding hydrogens is 546 g/mol. The first-order valence-corrected chi connectivity index (χ1v) is 18.8. The number of hydrogen-bond donors (Lipinski definition) is 4. The molecule has 5 heteroatoms. The average molecular weight is 620 g/mol. The van der Waals surface area contributed by atoms with E-state index in [1.165, 1.54) is 116 Å². The lowest BCUT2D eigenvalue weighted by molar-refractivity contribution is -0.131. The molecule has 0 aliphatic heterocycles. The molecule has 0 bridgehead atoms. The monoisotopic (exact) mass is 620 g/mol. The van der Waals surface area contributed by atoms with Crippen molar-refractivity contribution in [3.63, 3.8) is 0 Å². The Kier molecular flexibility index (Phi) is 33.3. The molecule has 3 atom stereocenters. The van der Waals surface area contributed by atoms with Gasteiger partial charge in [-0.1, -0.05) is 159 Å². The summed E-state index contributed by atoms with van der Waals surface area (Å²) in [6.07, 6.45) is 41.6. The lowest BCUT2D eigenvalue weighted by atomic mass is 10.0. The second-order valence-corrected chi connectivity index (χ2v) is 12.8. The van der Waals surface area contributed by atoms with Gasteiger partial charge < -0.3 is 20.6 Å². The van der Waals surface area contributed by atoms with E-state index in [9.17, 15) is 20.1 Å². The summed E-state index contributed by atoms with van der Waals surface area (Å²) in [5.74, 6) is -0.532. The van der Waals surface area contributed by atoms with Gasteiger partial charge in [0, 0.05) is 0 Å². The fourth-order valence-electron chi connectivity index (χ4n) is 5.43. The lowest BCUT2D eigenvalue weighted by Crippen LogP contribution is -2.48. The SMILES string of the molecule is CCCCCCCC/C=C\CCCCC(O)C(=O)NC(CO)C(O)/C=C/CC/C=C/CCCCCCCCCCCCCC. The molecule has 3 unspecified atom stereocenters. The number of carbonyl (C=O) groups is 1. The molecule has 0 heterocycles. The van der Waals surface area contributed by atoms with Gasteiger partial charge >= 0.3 is 0 Å². The number of rotatable bonds is 33. The molecule has 4 N–H and O–H groups in total. The highest BCUT2D eigenvalue weighted by Crippen LogP contribution is 2.13. The van der Waals surface area contributed by atoms with Crippen LogP contribution in [0.3, 0.4) is 0 Å². The van der Waals surface area contributed by atoms with Gasteiger partial charge in [0.15, 0.2) is 0 Å². The standard InChI is InChI=1S/C39H73NO4/c1-3-5-7-9-11-13-15-17-18-19-20-21-22-24-25-27-29-31-33-37(42)36(35-41)40-39(44)38(43)34-32-30-28-26-23-16-14-12-10-8-6-4-2/h23-26,31,33,36-38,41-43H,3-22,27-30,32,34-35H2,1-2H3,(H,40,44)/b25-24+,26-23-,33-31+. The van der Waals surface area contributed by atoms with Gasteiger partial charge in [-0.05, 0) is 57.8 Å². The molecule has 0 spiro atoms. The van der Waals surface area contributed by atoms with Crippen LogP contribution in [-0.4, -0.2) is 46.1 Å². The zero-order valence-corrected chi connectivity index (χ0v) is 29.0. The Hall–Kier alpha value is -1.43. The highest BCUT2D eigenvalue weighted by molar-refractivity contribution is 5.80. The molecule has 5 nitrogen and oxygen atoms in total. The second-order valence-electron chi connectivity index (χ2n) is 12.8.